The summed E-state index contributed by atoms with van der Waals surface area (Å²) in [6, 6.07) is 14.4. The van der Waals surface area contributed by atoms with E-state index in [1.165, 1.54) is 21.6 Å². The van der Waals surface area contributed by atoms with Gasteiger partial charge in [-0.25, -0.2) is 0 Å². The van der Waals surface area contributed by atoms with Crippen molar-refractivity contribution in [1.82, 2.24) is 4.90 Å². The predicted molar refractivity (Wildman–Crippen MR) is 159 cm³/mol. The number of benzene rings is 2. The summed E-state index contributed by atoms with van der Waals surface area (Å²) >= 11 is 0. The van der Waals surface area contributed by atoms with Crippen molar-refractivity contribution < 1.29 is 37.9 Å². The lowest BCUT2D eigenvalue weighted by Gasteiger charge is -2.39. The number of anilines is 2. The van der Waals surface area contributed by atoms with Gasteiger partial charge in [0.2, 0.25) is 20.2 Å². The van der Waals surface area contributed by atoms with Crippen LogP contribution in [0, 0.1) is 5.92 Å². The van der Waals surface area contributed by atoms with E-state index in [2.05, 4.69) is 0 Å². The van der Waals surface area contributed by atoms with Gasteiger partial charge in [0, 0.05) is 49.8 Å². The van der Waals surface area contributed by atoms with E-state index in [9.17, 15) is 24.3 Å². The molecule has 3 heterocycles. The zero-order valence-corrected chi connectivity index (χ0v) is 26.1. The van der Waals surface area contributed by atoms with E-state index in [1.54, 1.807) is 45.3 Å². The maximum absolute atomic E-state index is 16.1. The number of hydrogen-bond donors (Lipinski definition) is 1. The topological polar surface area (TPSA) is 117 Å². The third kappa shape index (κ3) is 5.36. The number of amides is 3. The summed E-state index contributed by atoms with van der Waals surface area (Å²) in [5, 5.41) is 9.69. The molecule has 1 N–H and O–H groups in total. The highest BCUT2D eigenvalue weighted by atomic mass is 28.4. The first-order valence-electron chi connectivity index (χ1n) is 14.5. The number of fused-ring (bicyclic) bond motifs is 2. The minimum Gasteiger partial charge on any atom is -0.441 e. The fourth-order valence-corrected chi connectivity index (χ4v) is 9.49. The van der Waals surface area contributed by atoms with Gasteiger partial charge in [0.15, 0.2) is 11.8 Å². The van der Waals surface area contributed by atoms with Crippen LogP contribution in [0.5, 0.6) is 0 Å². The van der Waals surface area contributed by atoms with Gasteiger partial charge in [0.1, 0.15) is 0 Å². The molecular formula is C31H38FN3O7Si. The Labute approximate surface area is 251 Å². The zero-order valence-electron chi connectivity index (χ0n) is 25.1. The highest BCUT2D eigenvalue weighted by Crippen LogP contribution is 2.60. The predicted octanol–water partition coefficient (Wildman–Crippen LogP) is 3.48. The van der Waals surface area contributed by atoms with Crippen LogP contribution in [0.3, 0.4) is 0 Å². The Morgan fingerprint density at radius 3 is 2.49 bits per heavy atom. The number of nitrogens with zero attached hydrogens (tertiary/aromatic N) is 3. The number of likely N-dealkylation sites (N-methyl/N-ethyl adjacent to an activating group) is 1. The second-order valence-corrected chi connectivity index (χ2v) is 15.9. The van der Waals surface area contributed by atoms with Crippen LogP contribution in [-0.2, 0) is 40.8 Å². The van der Waals surface area contributed by atoms with Crippen LogP contribution in [0.25, 0.3) is 0 Å². The minimum atomic E-state index is -3.52. The van der Waals surface area contributed by atoms with Gasteiger partial charge in [-0.2, -0.15) is 0 Å². The van der Waals surface area contributed by atoms with E-state index >= 15 is 4.11 Å². The van der Waals surface area contributed by atoms with Crippen molar-refractivity contribution in [3.05, 3.63) is 59.7 Å². The van der Waals surface area contributed by atoms with Gasteiger partial charge in [-0.1, -0.05) is 37.3 Å². The molecule has 0 radical (unpaired) electrons. The van der Waals surface area contributed by atoms with Crippen molar-refractivity contribution in [3.63, 3.8) is 0 Å². The SMILES string of the molecule is CC(=O)OC1CC(=O)N1c1ccc2c(c1)[C@@]1(O[C@H](CC(=O)N(CCO)Cc3ccccc3)[C@@H]([Si](C)(C)F)[C@@H]1C)C(=O)N2C. The summed E-state index contributed by atoms with van der Waals surface area (Å²) in [6.07, 6.45) is -1.75. The van der Waals surface area contributed by atoms with Gasteiger partial charge in [-0.3, -0.25) is 24.1 Å². The lowest BCUT2D eigenvalue weighted by molar-refractivity contribution is -0.154. The highest BCUT2D eigenvalue weighted by Gasteiger charge is 2.66. The Hall–Kier alpha value is -3.61. The number of rotatable bonds is 9. The Kier molecular flexibility index (Phi) is 8.23. The molecule has 3 aliphatic rings. The van der Waals surface area contributed by atoms with Crippen LogP contribution in [0.1, 0.15) is 37.8 Å². The molecule has 1 spiro atoms. The van der Waals surface area contributed by atoms with Gasteiger partial charge in [0.25, 0.3) is 5.91 Å². The average Bonchev–Trinajstić information content (AvgIpc) is 3.34. The Morgan fingerprint density at radius 2 is 1.88 bits per heavy atom. The molecule has 2 aromatic rings. The third-order valence-corrected chi connectivity index (χ3v) is 11.3. The van der Waals surface area contributed by atoms with E-state index < -0.39 is 43.8 Å². The molecule has 2 saturated heterocycles. The van der Waals surface area contributed by atoms with Crippen LogP contribution < -0.4 is 9.80 Å². The number of aliphatic hydroxyl groups is 1. The standard InChI is InChI=1S/C31H38FN3O7Si/c1-19-29(43(4,5)32)25(16-26(38)34(13-14-36)18-21-9-7-6-8-10-21)42-31(19)23-15-22(11-12-24(23)33(3)30(31)40)35-27(39)17-28(35)41-20(2)37/h6-12,15,19,25,28-29,36H,13-14,16-18H2,1-5H3/t19-,25+,28?,29-,31+/m0/s1. The normalized spacial score (nSPS) is 26.5. The molecule has 0 aromatic heterocycles. The molecule has 0 bridgehead atoms. The van der Waals surface area contributed by atoms with E-state index in [0.29, 0.717) is 16.9 Å². The monoisotopic (exact) mass is 611 g/mol. The van der Waals surface area contributed by atoms with Gasteiger partial charge in [0.05, 0.1) is 31.2 Å². The number of carbonyl (C=O) groups is 4. The molecule has 5 atom stereocenters. The minimum absolute atomic E-state index is 0.0504. The van der Waals surface area contributed by atoms with Gasteiger partial charge in [-0.05, 0) is 36.9 Å². The van der Waals surface area contributed by atoms with Crippen molar-refractivity contribution in [1.29, 1.82) is 0 Å². The summed E-state index contributed by atoms with van der Waals surface area (Å²) in [4.78, 5) is 56.2. The first-order valence-corrected chi connectivity index (χ1v) is 17.5. The molecule has 3 amide bonds. The van der Waals surface area contributed by atoms with Gasteiger partial charge >= 0.3 is 5.97 Å². The van der Waals surface area contributed by atoms with Crippen molar-refractivity contribution in [2.45, 2.75) is 69.8 Å². The highest BCUT2D eigenvalue weighted by molar-refractivity contribution is 6.72. The van der Waals surface area contributed by atoms with Crippen LogP contribution in [0.2, 0.25) is 18.6 Å². The summed E-state index contributed by atoms with van der Waals surface area (Å²) < 4.78 is 28.1. The van der Waals surface area contributed by atoms with Crippen LogP contribution >= 0.6 is 0 Å². The number of aliphatic hydroxyl groups excluding tert-OH is 1. The van der Waals surface area contributed by atoms with Crippen molar-refractivity contribution >= 4 is 43.5 Å². The average molecular weight is 612 g/mol. The fraction of sp³-hybridized carbons (Fsp3) is 0.484. The summed E-state index contributed by atoms with van der Waals surface area (Å²) in [5.41, 5.74) is 0.103. The molecule has 12 heteroatoms. The maximum Gasteiger partial charge on any atom is 0.304 e. The lowest BCUT2D eigenvalue weighted by atomic mass is 9.82. The Bertz CT molecular complexity index is 1430. The third-order valence-electron chi connectivity index (χ3n) is 8.88. The largest absolute Gasteiger partial charge is 0.441 e. The first-order chi connectivity index (χ1) is 20.3. The van der Waals surface area contributed by atoms with Gasteiger partial charge < -0.3 is 28.5 Å². The van der Waals surface area contributed by atoms with E-state index in [0.717, 1.165) is 5.56 Å². The molecule has 1 unspecified atom stereocenters. The van der Waals surface area contributed by atoms with Crippen LogP contribution in [-0.4, -0.2) is 74.6 Å². The summed E-state index contributed by atoms with van der Waals surface area (Å²) in [7, 11) is -1.90. The molecule has 5 rings (SSSR count). The fourth-order valence-electron chi connectivity index (χ4n) is 6.99. The molecule has 3 aliphatic heterocycles. The number of ether oxygens (including phenoxy) is 2. The molecule has 43 heavy (non-hydrogen) atoms. The second kappa shape index (κ2) is 11.5. The lowest BCUT2D eigenvalue weighted by Crippen LogP contribution is -2.55. The number of β-lactam (4-membered cyclic amide) rings is 1. The van der Waals surface area contributed by atoms with E-state index in [4.69, 9.17) is 9.47 Å². The second-order valence-electron chi connectivity index (χ2n) is 12.1. The van der Waals surface area contributed by atoms with Gasteiger partial charge in [-0.15, -0.1) is 0 Å². The smallest absolute Gasteiger partial charge is 0.304 e. The molecule has 2 aromatic carbocycles. The summed E-state index contributed by atoms with van der Waals surface area (Å²) in [5.74, 6) is -2.05. The van der Waals surface area contributed by atoms with Crippen molar-refractivity contribution in [3.8, 4) is 0 Å². The van der Waals surface area contributed by atoms with Crippen molar-refractivity contribution in [2.75, 3.05) is 30.0 Å². The molecular weight excluding hydrogens is 573 g/mol. The van der Waals surface area contributed by atoms with Crippen LogP contribution in [0.4, 0.5) is 15.5 Å². The maximum atomic E-state index is 16.1. The first kappa shape index (κ1) is 30.8. The molecule has 2 fully saturated rings. The Balaban J connectivity index is 1.50. The van der Waals surface area contributed by atoms with Crippen molar-refractivity contribution in [2.24, 2.45) is 5.92 Å². The van der Waals surface area contributed by atoms with E-state index in [1.807, 2.05) is 30.3 Å². The quantitative estimate of drug-likeness (QED) is 0.200. The molecule has 10 nitrogen and oxygen atoms in total. The molecule has 230 valence electrons. The number of carbonyl (C=O) groups excluding carboxylic acids is 4. The number of esters is 1. The molecule has 0 aliphatic carbocycles. The number of hydrogen-bond acceptors (Lipinski definition) is 7. The molecule has 0 saturated carbocycles. The van der Waals surface area contributed by atoms with Crippen LogP contribution in [0.15, 0.2) is 48.5 Å². The zero-order chi connectivity index (χ0) is 31.3. The summed E-state index contributed by atoms with van der Waals surface area (Å²) in [6.45, 7) is 6.33. The van der Waals surface area contributed by atoms with E-state index in [-0.39, 0.29) is 50.3 Å². The Morgan fingerprint density at radius 1 is 1.19 bits per heavy atom. The number of halogens is 1.